The van der Waals surface area contributed by atoms with Crippen molar-refractivity contribution in [2.45, 2.75) is 58.3 Å². The molecule has 0 aliphatic heterocycles. The van der Waals surface area contributed by atoms with E-state index in [2.05, 4.69) is 12.8 Å². The average Bonchev–Trinajstić information content (AvgIpc) is 2.46. The summed E-state index contributed by atoms with van der Waals surface area (Å²) >= 11 is 0. The third-order valence-electron chi connectivity index (χ3n) is 3.29. The molecule has 0 amide bonds. The monoisotopic (exact) mass is 258 g/mol. The van der Waals surface area contributed by atoms with Gasteiger partial charge in [-0.05, 0) is 30.7 Å². The number of hydrogen-bond donors (Lipinski definition) is 0. The maximum atomic E-state index is 5.68. The van der Waals surface area contributed by atoms with E-state index in [0.717, 1.165) is 24.3 Å². The van der Waals surface area contributed by atoms with Crippen molar-refractivity contribution in [3.05, 3.63) is 29.8 Å². The zero-order chi connectivity index (χ0) is 13.8. The Balaban J connectivity index is 1.97. The minimum atomic E-state index is 0.810. The lowest BCUT2D eigenvalue weighted by molar-refractivity contribution is 0.304. The number of rotatable bonds is 10. The molecule has 1 heteroatoms. The molecule has 1 nitrogen and oxygen atoms in total. The Morgan fingerprint density at radius 3 is 2.05 bits per heavy atom. The number of hydrogen-bond acceptors (Lipinski definition) is 1. The summed E-state index contributed by atoms with van der Waals surface area (Å²) in [6.07, 6.45) is 15.9. The molecule has 1 aromatic carbocycles. The Morgan fingerprint density at radius 1 is 0.895 bits per heavy atom. The smallest absolute Gasteiger partial charge is 0.119 e. The van der Waals surface area contributed by atoms with E-state index in [1.165, 1.54) is 44.9 Å². The second-order valence-corrected chi connectivity index (χ2v) is 4.99. The minimum Gasteiger partial charge on any atom is -0.494 e. The average molecular weight is 258 g/mol. The SMILES string of the molecule is C#Cc1ccc(OCCCCCCCCCC)cc1. The molecule has 1 aromatic rings. The summed E-state index contributed by atoms with van der Waals surface area (Å²) in [5.74, 6) is 3.52. The number of terminal acetylenes is 1. The molecule has 0 N–H and O–H groups in total. The van der Waals surface area contributed by atoms with Crippen LogP contribution in [0.25, 0.3) is 0 Å². The van der Waals surface area contributed by atoms with Gasteiger partial charge >= 0.3 is 0 Å². The van der Waals surface area contributed by atoms with E-state index in [1.54, 1.807) is 0 Å². The molecule has 19 heavy (non-hydrogen) atoms. The summed E-state index contributed by atoms with van der Waals surface area (Å²) < 4.78 is 5.68. The van der Waals surface area contributed by atoms with Crippen molar-refractivity contribution in [2.24, 2.45) is 0 Å². The summed E-state index contributed by atoms with van der Waals surface area (Å²) in [5.41, 5.74) is 0.902. The first-order chi connectivity index (χ1) is 9.36. The molecule has 104 valence electrons. The molecule has 0 fully saturated rings. The predicted octanol–water partition coefficient (Wildman–Crippen LogP) is 5.19. The van der Waals surface area contributed by atoms with Crippen LogP contribution in [-0.2, 0) is 0 Å². The predicted molar refractivity (Wildman–Crippen MR) is 82.5 cm³/mol. The van der Waals surface area contributed by atoms with Crippen molar-refractivity contribution in [1.29, 1.82) is 0 Å². The van der Waals surface area contributed by atoms with Gasteiger partial charge in [-0.1, -0.05) is 57.8 Å². The highest BCUT2D eigenvalue weighted by Crippen LogP contribution is 2.13. The Kier molecular flexibility index (Phi) is 8.64. The molecule has 0 radical (unpaired) electrons. The Labute approximate surface area is 118 Å². The normalized spacial score (nSPS) is 10.1. The highest BCUT2D eigenvalue weighted by atomic mass is 16.5. The van der Waals surface area contributed by atoms with Gasteiger partial charge in [0, 0.05) is 5.56 Å². The van der Waals surface area contributed by atoms with E-state index in [1.807, 2.05) is 24.3 Å². The fourth-order valence-electron chi connectivity index (χ4n) is 2.07. The third-order valence-corrected chi connectivity index (χ3v) is 3.29. The zero-order valence-electron chi connectivity index (χ0n) is 12.2. The summed E-state index contributed by atoms with van der Waals surface area (Å²) in [4.78, 5) is 0. The lowest BCUT2D eigenvalue weighted by Crippen LogP contribution is -1.97. The van der Waals surface area contributed by atoms with Crippen molar-refractivity contribution < 1.29 is 4.74 Å². The second kappa shape index (κ2) is 10.5. The van der Waals surface area contributed by atoms with Crippen LogP contribution in [0.15, 0.2) is 24.3 Å². The molecule has 0 unspecified atom stereocenters. The summed E-state index contributed by atoms with van der Waals surface area (Å²) in [5, 5.41) is 0. The first kappa shape index (κ1) is 15.6. The quantitative estimate of drug-likeness (QED) is 0.414. The van der Waals surface area contributed by atoms with Gasteiger partial charge in [0.05, 0.1) is 6.61 Å². The van der Waals surface area contributed by atoms with Crippen LogP contribution in [0.1, 0.15) is 63.9 Å². The van der Waals surface area contributed by atoms with Gasteiger partial charge in [0.25, 0.3) is 0 Å². The van der Waals surface area contributed by atoms with Crippen molar-refractivity contribution in [3.63, 3.8) is 0 Å². The van der Waals surface area contributed by atoms with Crippen LogP contribution in [0.5, 0.6) is 5.75 Å². The van der Waals surface area contributed by atoms with Crippen molar-refractivity contribution in [2.75, 3.05) is 6.61 Å². The maximum Gasteiger partial charge on any atom is 0.119 e. The molecule has 0 bridgehead atoms. The van der Waals surface area contributed by atoms with E-state index in [0.29, 0.717) is 0 Å². The van der Waals surface area contributed by atoms with Crippen LogP contribution < -0.4 is 4.74 Å². The highest BCUT2D eigenvalue weighted by molar-refractivity contribution is 5.36. The van der Waals surface area contributed by atoms with E-state index in [4.69, 9.17) is 11.2 Å². The molecular formula is C18H26O. The molecule has 0 aromatic heterocycles. The molecule has 0 saturated heterocycles. The van der Waals surface area contributed by atoms with E-state index < -0.39 is 0 Å². The van der Waals surface area contributed by atoms with Gasteiger partial charge < -0.3 is 4.74 Å². The molecular weight excluding hydrogens is 232 g/mol. The molecule has 0 saturated carbocycles. The van der Waals surface area contributed by atoms with Gasteiger partial charge in [0.1, 0.15) is 5.75 Å². The van der Waals surface area contributed by atoms with Crippen molar-refractivity contribution >= 4 is 0 Å². The molecule has 0 heterocycles. The van der Waals surface area contributed by atoms with Crippen LogP contribution in [0, 0.1) is 12.3 Å². The second-order valence-electron chi connectivity index (χ2n) is 4.99. The van der Waals surface area contributed by atoms with E-state index in [9.17, 15) is 0 Å². The lowest BCUT2D eigenvalue weighted by Gasteiger charge is -2.06. The van der Waals surface area contributed by atoms with Gasteiger partial charge in [-0.25, -0.2) is 0 Å². The van der Waals surface area contributed by atoms with Crippen molar-refractivity contribution in [3.8, 4) is 18.1 Å². The summed E-state index contributed by atoms with van der Waals surface area (Å²) in [6, 6.07) is 7.73. The standard InChI is InChI=1S/C18H26O/c1-3-5-6-7-8-9-10-11-16-19-18-14-12-17(4-2)13-15-18/h2,12-15H,3,5-11,16H2,1H3. The Morgan fingerprint density at radius 2 is 1.47 bits per heavy atom. The summed E-state index contributed by atoms with van der Waals surface area (Å²) in [7, 11) is 0. The number of unbranched alkanes of at least 4 members (excludes halogenated alkanes) is 7. The van der Waals surface area contributed by atoms with Crippen LogP contribution in [-0.4, -0.2) is 6.61 Å². The number of ether oxygens (including phenoxy) is 1. The van der Waals surface area contributed by atoms with Crippen LogP contribution in [0.4, 0.5) is 0 Å². The Hall–Kier alpha value is -1.42. The van der Waals surface area contributed by atoms with Gasteiger partial charge in [-0.2, -0.15) is 0 Å². The van der Waals surface area contributed by atoms with Crippen molar-refractivity contribution in [1.82, 2.24) is 0 Å². The van der Waals surface area contributed by atoms with Gasteiger partial charge in [-0.15, -0.1) is 6.42 Å². The maximum absolute atomic E-state index is 5.68. The first-order valence-electron chi connectivity index (χ1n) is 7.56. The van der Waals surface area contributed by atoms with Gasteiger partial charge in [0.2, 0.25) is 0 Å². The fourth-order valence-corrected chi connectivity index (χ4v) is 2.07. The zero-order valence-corrected chi connectivity index (χ0v) is 12.2. The topological polar surface area (TPSA) is 9.23 Å². The molecule has 0 atom stereocenters. The van der Waals surface area contributed by atoms with Crippen LogP contribution in [0.3, 0.4) is 0 Å². The Bertz CT molecular complexity index is 358. The molecule has 0 aliphatic rings. The van der Waals surface area contributed by atoms with E-state index >= 15 is 0 Å². The largest absolute Gasteiger partial charge is 0.494 e. The van der Waals surface area contributed by atoms with Gasteiger partial charge in [0.15, 0.2) is 0 Å². The third kappa shape index (κ3) is 7.57. The van der Waals surface area contributed by atoms with Gasteiger partial charge in [-0.3, -0.25) is 0 Å². The van der Waals surface area contributed by atoms with E-state index in [-0.39, 0.29) is 0 Å². The fraction of sp³-hybridized carbons (Fsp3) is 0.556. The molecule has 0 spiro atoms. The highest BCUT2D eigenvalue weighted by Gasteiger charge is 1.95. The molecule has 0 aliphatic carbocycles. The first-order valence-corrected chi connectivity index (χ1v) is 7.56. The lowest BCUT2D eigenvalue weighted by atomic mass is 10.1. The number of benzene rings is 1. The molecule has 1 rings (SSSR count). The summed E-state index contributed by atoms with van der Waals surface area (Å²) in [6.45, 7) is 3.07. The minimum absolute atomic E-state index is 0.810. The van der Waals surface area contributed by atoms with Crippen LogP contribution in [0.2, 0.25) is 0 Å². The van der Waals surface area contributed by atoms with Crippen LogP contribution >= 0.6 is 0 Å².